The molecule has 0 N–H and O–H groups in total. The first kappa shape index (κ1) is 21.9. The first-order valence-corrected chi connectivity index (χ1v) is 12.1. The summed E-state index contributed by atoms with van der Waals surface area (Å²) in [6, 6.07) is 23.1. The topological polar surface area (TPSA) is 66.9 Å². The summed E-state index contributed by atoms with van der Waals surface area (Å²) in [5, 5.41) is 0. The number of benzene rings is 3. The van der Waals surface area contributed by atoms with E-state index in [2.05, 4.69) is 6.07 Å². The molecule has 0 fully saturated rings. The minimum atomic E-state index is -3.98. The zero-order chi connectivity index (χ0) is 22.6. The van der Waals surface area contributed by atoms with Crippen LogP contribution in [0, 0.1) is 0 Å². The van der Waals surface area contributed by atoms with Crippen molar-refractivity contribution in [1.29, 1.82) is 0 Å². The summed E-state index contributed by atoms with van der Waals surface area (Å²) in [6.45, 7) is 2.95. The molecule has 0 aliphatic carbocycles. The molecule has 0 saturated heterocycles. The highest BCUT2D eigenvalue weighted by molar-refractivity contribution is 7.92. The van der Waals surface area contributed by atoms with Crippen molar-refractivity contribution in [2.75, 3.05) is 24.0 Å². The summed E-state index contributed by atoms with van der Waals surface area (Å²) in [6.07, 6.45) is 0.753. The van der Waals surface area contributed by atoms with E-state index in [1.54, 1.807) is 47.4 Å². The number of sulfonamides is 1. The van der Waals surface area contributed by atoms with Gasteiger partial charge in [0.2, 0.25) is 5.91 Å². The normalized spacial score (nSPS) is 13.3. The summed E-state index contributed by atoms with van der Waals surface area (Å²) in [5.41, 5.74) is 2.68. The highest BCUT2D eigenvalue weighted by atomic mass is 32.2. The van der Waals surface area contributed by atoms with Crippen molar-refractivity contribution in [3.05, 3.63) is 90.0 Å². The molecule has 1 aliphatic rings. The van der Waals surface area contributed by atoms with Crippen LogP contribution < -0.4 is 9.04 Å². The number of hydrogen-bond acceptors (Lipinski definition) is 4. The van der Waals surface area contributed by atoms with E-state index in [-0.39, 0.29) is 17.3 Å². The zero-order valence-electron chi connectivity index (χ0n) is 18.0. The van der Waals surface area contributed by atoms with E-state index in [0.29, 0.717) is 31.1 Å². The van der Waals surface area contributed by atoms with Gasteiger partial charge >= 0.3 is 0 Å². The molecule has 6 nitrogen and oxygen atoms in total. The molecule has 0 atom stereocenters. The molecule has 0 bridgehead atoms. The van der Waals surface area contributed by atoms with Crippen molar-refractivity contribution < 1.29 is 17.9 Å². The van der Waals surface area contributed by atoms with Gasteiger partial charge in [-0.15, -0.1) is 0 Å². The van der Waals surface area contributed by atoms with Crippen molar-refractivity contribution in [2.45, 2.75) is 24.8 Å². The lowest BCUT2D eigenvalue weighted by Crippen LogP contribution is -2.44. The van der Waals surface area contributed by atoms with Gasteiger partial charge in [-0.3, -0.25) is 9.10 Å². The molecule has 0 aromatic heterocycles. The number of amides is 1. The Morgan fingerprint density at radius 1 is 0.938 bits per heavy atom. The molecule has 4 rings (SSSR count). The lowest BCUT2D eigenvalue weighted by Gasteiger charge is -2.32. The molecule has 0 saturated carbocycles. The van der Waals surface area contributed by atoms with E-state index in [1.165, 1.54) is 17.7 Å². The monoisotopic (exact) mass is 450 g/mol. The largest absolute Gasteiger partial charge is 0.492 e. The van der Waals surface area contributed by atoms with Gasteiger partial charge in [0.15, 0.2) is 0 Å². The fraction of sp³-hybridized carbons (Fsp3) is 0.240. The van der Waals surface area contributed by atoms with Gasteiger partial charge in [0.1, 0.15) is 12.3 Å². The predicted molar refractivity (Wildman–Crippen MR) is 124 cm³/mol. The second-order valence-electron chi connectivity index (χ2n) is 7.56. The van der Waals surface area contributed by atoms with Gasteiger partial charge < -0.3 is 9.64 Å². The van der Waals surface area contributed by atoms with E-state index >= 15 is 0 Å². The molecule has 0 unspecified atom stereocenters. The molecule has 3 aromatic carbocycles. The minimum Gasteiger partial charge on any atom is -0.492 e. The molecule has 1 amide bonds. The number of anilines is 1. The average Bonchev–Trinajstić information content (AvgIpc) is 2.83. The number of fused-ring (bicyclic) bond motifs is 1. The van der Waals surface area contributed by atoms with Gasteiger partial charge in [0.05, 0.1) is 17.2 Å². The van der Waals surface area contributed by atoms with E-state index in [0.717, 1.165) is 16.3 Å². The second kappa shape index (κ2) is 9.44. The van der Waals surface area contributed by atoms with E-state index in [1.807, 2.05) is 25.1 Å². The minimum absolute atomic E-state index is 0.128. The summed E-state index contributed by atoms with van der Waals surface area (Å²) < 4.78 is 34.1. The molecular weight excluding hydrogens is 424 g/mol. The maximum Gasteiger partial charge on any atom is 0.264 e. The van der Waals surface area contributed by atoms with Crippen LogP contribution in [0.3, 0.4) is 0 Å². The van der Waals surface area contributed by atoms with Crippen LogP contribution in [0.4, 0.5) is 5.69 Å². The number of carbonyl (C=O) groups is 1. The first-order chi connectivity index (χ1) is 15.5. The summed E-state index contributed by atoms with van der Waals surface area (Å²) in [4.78, 5) is 15.2. The first-order valence-electron chi connectivity index (χ1n) is 10.6. The molecule has 1 aliphatic heterocycles. The molecule has 7 heteroatoms. The van der Waals surface area contributed by atoms with Crippen LogP contribution in [-0.2, 0) is 27.8 Å². The van der Waals surface area contributed by atoms with Crippen LogP contribution in [0.2, 0.25) is 0 Å². The van der Waals surface area contributed by atoms with E-state index in [9.17, 15) is 13.2 Å². The van der Waals surface area contributed by atoms with Crippen LogP contribution in [0.15, 0.2) is 83.8 Å². The molecule has 1 heterocycles. The number of hydrogen-bond donors (Lipinski definition) is 0. The standard InChI is InChI=1S/C25H26N2O4S/c1-2-31-24-15-9-8-14-23(24)27(32(29,30)22-12-4-3-5-13-22)19-25(28)26-17-16-20-10-6-7-11-21(20)18-26/h3-15H,2,16-19H2,1H3. The maximum absolute atomic E-state index is 13.6. The SMILES string of the molecule is CCOc1ccccc1N(CC(=O)N1CCc2ccccc2C1)S(=O)(=O)c1ccccc1. The maximum atomic E-state index is 13.6. The van der Waals surface area contributed by atoms with Gasteiger partial charge in [-0.25, -0.2) is 8.42 Å². The van der Waals surface area contributed by atoms with Gasteiger partial charge in [-0.1, -0.05) is 54.6 Å². The van der Waals surface area contributed by atoms with Gasteiger partial charge in [0, 0.05) is 13.1 Å². The van der Waals surface area contributed by atoms with Crippen molar-refractivity contribution in [3.8, 4) is 5.75 Å². The predicted octanol–water partition coefficient (Wildman–Crippen LogP) is 3.87. The number of carbonyl (C=O) groups excluding carboxylic acids is 1. The van der Waals surface area contributed by atoms with Gasteiger partial charge in [0.25, 0.3) is 10.0 Å². The Bertz CT molecular complexity index is 1200. The number of nitrogens with zero attached hydrogens (tertiary/aromatic N) is 2. The third kappa shape index (κ3) is 4.48. The Morgan fingerprint density at radius 3 is 2.34 bits per heavy atom. The summed E-state index contributed by atoms with van der Waals surface area (Å²) in [7, 11) is -3.98. The van der Waals surface area contributed by atoms with Crippen molar-refractivity contribution >= 4 is 21.6 Å². The van der Waals surface area contributed by atoms with Crippen LogP contribution in [-0.4, -0.2) is 38.9 Å². The third-order valence-electron chi connectivity index (χ3n) is 5.53. The zero-order valence-corrected chi connectivity index (χ0v) is 18.8. The van der Waals surface area contributed by atoms with Gasteiger partial charge in [-0.05, 0) is 48.7 Å². The number of rotatable bonds is 7. The second-order valence-corrected chi connectivity index (χ2v) is 9.42. The van der Waals surface area contributed by atoms with E-state index in [4.69, 9.17) is 4.74 Å². The Labute approximate surface area is 189 Å². The smallest absolute Gasteiger partial charge is 0.264 e. The van der Waals surface area contributed by atoms with Gasteiger partial charge in [-0.2, -0.15) is 0 Å². The van der Waals surface area contributed by atoms with Crippen molar-refractivity contribution in [2.24, 2.45) is 0 Å². The quantitative estimate of drug-likeness (QED) is 0.548. The average molecular weight is 451 g/mol. The Balaban J connectivity index is 1.68. The van der Waals surface area contributed by atoms with Crippen LogP contribution in [0.1, 0.15) is 18.1 Å². The third-order valence-corrected chi connectivity index (χ3v) is 7.30. The fourth-order valence-electron chi connectivity index (χ4n) is 3.89. The number of para-hydroxylation sites is 2. The van der Waals surface area contributed by atoms with Crippen molar-refractivity contribution in [1.82, 2.24) is 4.90 Å². The lowest BCUT2D eigenvalue weighted by molar-refractivity contribution is -0.130. The summed E-state index contributed by atoms with van der Waals surface area (Å²) in [5.74, 6) is 0.177. The molecular formula is C25H26N2O4S. The van der Waals surface area contributed by atoms with Crippen LogP contribution in [0.25, 0.3) is 0 Å². The van der Waals surface area contributed by atoms with Crippen molar-refractivity contribution in [3.63, 3.8) is 0 Å². The molecule has 166 valence electrons. The number of ether oxygens (including phenoxy) is 1. The fourth-order valence-corrected chi connectivity index (χ4v) is 5.34. The highest BCUT2D eigenvalue weighted by Gasteiger charge is 2.31. The lowest BCUT2D eigenvalue weighted by atomic mass is 10.00. The Kier molecular flexibility index (Phi) is 6.46. The molecule has 3 aromatic rings. The van der Waals surface area contributed by atoms with Crippen LogP contribution >= 0.6 is 0 Å². The summed E-state index contributed by atoms with van der Waals surface area (Å²) >= 11 is 0. The molecule has 0 spiro atoms. The highest BCUT2D eigenvalue weighted by Crippen LogP contribution is 2.33. The van der Waals surface area contributed by atoms with Crippen LogP contribution in [0.5, 0.6) is 5.75 Å². The molecule has 32 heavy (non-hydrogen) atoms. The van der Waals surface area contributed by atoms with E-state index < -0.39 is 10.0 Å². The Hall–Kier alpha value is -3.32. The molecule has 0 radical (unpaired) electrons. The Morgan fingerprint density at radius 2 is 1.59 bits per heavy atom.